The van der Waals surface area contributed by atoms with Crippen LogP contribution < -0.4 is 9.47 Å². The molecule has 1 aliphatic carbocycles. The fourth-order valence-electron chi connectivity index (χ4n) is 6.76. The van der Waals surface area contributed by atoms with Crippen LogP contribution in [-0.4, -0.2) is 32.6 Å². The van der Waals surface area contributed by atoms with Crippen LogP contribution in [-0.2, 0) is 13.5 Å². The predicted molar refractivity (Wildman–Crippen MR) is 148 cm³/mol. The second kappa shape index (κ2) is 8.44. The van der Waals surface area contributed by atoms with E-state index in [9.17, 15) is 5.11 Å². The highest BCUT2D eigenvalue weighted by molar-refractivity contribution is 6.01. The van der Waals surface area contributed by atoms with E-state index >= 15 is 0 Å². The molecule has 1 fully saturated rings. The molecule has 1 saturated carbocycles. The Morgan fingerprint density at radius 1 is 1.14 bits per heavy atom. The molecule has 37 heavy (non-hydrogen) atoms. The minimum atomic E-state index is -0.223. The summed E-state index contributed by atoms with van der Waals surface area (Å²) in [4.78, 5) is 0. The quantitative estimate of drug-likeness (QED) is 0.299. The molecule has 3 heterocycles. The van der Waals surface area contributed by atoms with Crippen LogP contribution in [0.15, 0.2) is 42.7 Å². The first-order valence-corrected chi connectivity index (χ1v) is 13.1. The lowest BCUT2D eigenvalue weighted by Crippen LogP contribution is -2.53. The Hall–Kier alpha value is -3.67. The fraction of sp³-hybridized carbons (Fsp3) is 0.387. The number of benzene rings is 2. The van der Waals surface area contributed by atoms with Gasteiger partial charge >= 0.3 is 0 Å². The van der Waals surface area contributed by atoms with Crippen LogP contribution in [0.2, 0.25) is 0 Å². The van der Waals surface area contributed by atoms with E-state index in [2.05, 4.69) is 72.1 Å². The van der Waals surface area contributed by atoms with Crippen molar-refractivity contribution >= 4 is 23.1 Å². The molecule has 2 N–H and O–H groups in total. The van der Waals surface area contributed by atoms with Crippen LogP contribution in [0, 0.1) is 11.3 Å². The molecule has 1 aliphatic heterocycles. The van der Waals surface area contributed by atoms with Crippen LogP contribution >= 0.6 is 0 Å². The second-order valence-corrected chi connectivity index (χ2v) is 11.6. The Morgan fingerprint density at radius 2 is 1.92 bits per heavy atom. The topological polar surface area (TPSA) is 72.3 Å². The number of phenols is 1. The lowest BCUT2D eigenvalue weighted by atomic mass is 9.59. The third kappa shape index (κ3) is 3.90. The van der Waals surface area contributed by atoms with Crippen LogP contribution in [0.5, 0.6) is 17.2 Å². The summed E-state index contributed by atoms with van der Waals surface area (Å²) < 4.78 is 14.4. The number of aromatic hydroxyl groups is 1. The Morgan fingerprint density at radius 3 is 2.65 bits per heavy atom. The van der Waals surface area contributed by atoms with Crippen molar-refractivity contribution < 1.29 is 14.6 Å². The summed E-state index contributed by atoms with van der Waals surface area (Å²) in [7, 11) is 3.74. The molecule has 0 spiro atoms. The number of hydrogen-bond donors (Lipinski definition) is 2. The van der Waals surface area contributed by atoms with E-state index < -0.39 is 0 Å². The molecule has 0 unspecified atom stereocenters. The molecule has 0 radical (unpaired) electrons. The Labute approximate surface area is 217 Å². The highest BCUT2D eigenvalue weighted by Gasteiger charge is 2.51. The van der Waals surface area contributed by atoms with Gasteiger partial charge in [-0.05, 0) is 85.0 Å². The van der Waals surface area contributed by atoms with Crippen LogP contribution in [0.3, 0.4) is 0 Å². The van der Waals surface area contributed by atoms with Gasteiger partial charge in [0.25, 0.3) is 0 Å². The van der Waals surface area contributed by atoms with Gasteiger partial charge in [-0.2, -0.15) is 5.10 Å². The first kappa shape index (κ1) is 23.7. The SMILES string of the molecule is COc1cc(/C=C/c2cc(O)c3c(c2)C[C@@H]2C(C)(C)CCC[C@@]2(C)O3)cc2c1c(-c1ccn[nH]1)cn2C. The number of aromatic amines is 1. The number of fused-ring (bicyclic) bond motifs is 3. The molecule has 6 nitrogen and oxygen atoms in total. The van der Waals surface area contributed by atoms with Gasteiger partial charge in [-0.3, -0.25) is 5.10 Å². The minimum absolute atomic E-state index is 0.211. The molecule has 2 atom stereocenters. The summed E-state index contributed by atoms with van der Waals surface area (Å²) in [5.41, 5.74) is 6.15. The van der Waals surface area contributed by atoms with E-state index in [1.54, 1.807) is 13.3 Å². The van der Waals surface area contributed by atoms with Crippen LogP contribution in [0.1, 0.15) is 56.7 Å². The lowest BCUT2D eigenvalue weighted by Gasteiger charge is -2.53. The van der Waals surface area contributed by atoms with Gasteiger partial charge in [0.05, 0.1) is 23.7 Å². The van der Waals surface area contributed by atoms with Crippen molar-refractivity contribution in [3.05, 3.63) is 59.4 Å². The van der Waals surface area contributed by atoms with E-state index in [1.807, 2.05) is 19.2 Å². The zero-order valence-electron chi connectivity index (χ0n) is 22.3. The standard InChI is InChI=1S/C31H35N3O3/c1-30(2)10-6-11-31(3)27(30)17-21-13-19(15-25(35)29(21)37-31)7-8-20-14-24-28(26(16-20)36-5)22(18-34(24)4)23-9-12-32-33-23/h7-9,12-16,18,27,35H,6,10-11,17H2,1-5H3,(H,32,33)/b8-7+/t27-,31-/m1/s1. The summed E-state index contributed by atoms with van der Waals surface area (Å²) in [6, 6.07) is 10.2. The zero-order valence-corrected chi connectivity index (χ0v) is 22.3. The van der Waals surface area contributed by atoms with Crippen molar-refractivity contribution in [2.75, 3.05) is 7.11 Å². The number of ether oxygens (including phenoxy) is 2. The number of phenolic OH excluding ortho intramolecular Hbond substituents is 1. The van der Waals surface area contributed by atoms with E-state index in [1.165, 1.54) is 6.42 Å². The lowest BCUT2D eigenvalue weighted by molar-refractivity contribution is -0.0827. The number of aromatic nitrogens is 3. The monoisotopic (exact) mass is 497 g/mol. The number of rotatable bonds is 4. The summed E-state index contributed by atoms with van der Waals surface area (Å²) >= 11 is 0. The number of methoxy groups -OCH3 is 1. The van der Waals surface area contributed by atoms with Crippen molar-refractivity contribution in [2.24, 2.45) is 18.4 Å². The Bertz CT molecular complexity index is 1510. The third-order valence-corrected chi connectivity index (χ3v) is 8.66. The molecule has 2 aromatic heterocycles. The second-order valence-electron chi connectivity index (χ2n) is 11.6. The molecule has 0 saturated heterocycles. The number of nitrogens with zero attached hydrogens (tertiary/aromatic N) is 2. The van der Waals surface area contributed by atoms with Gasteiger partial charge < -0.3 is 19.1 Å². The summed E-state index contributed by atoms with van der Waals surface area (Å²) in [6.07, 6.45) is 12.3. The molecule has 4 aromatic rings. The Kier molecular flexibility index (Phi) is 5.41. The van der Waals surface area contributed by atoms with Crippen molar-refractivity contribution in [1.82, 2.24) is 14.8 Å². The summed E-state index contributed by atoms with van der Waals surface area (Å²) in [6.45, 7) is 6.94. The van der Waals surface area contributed by atoms with E-state index in [-0.39, 0.29) is 16.8 Å². The molecule has 6 rings (SSSR count). The third-order valence-electron chi connectivity index (χ3n) is 8.66. The molecule has 0 bridgehead atoms. The maximum absolute atomic E-state index is 10.9. The molecular formula is C31H35N3O3. The average Bonchev–Trinajstić information content (AvgIpc) is 3.50. The molecule has 2 aromatic carbocycles. The van der Waals surface area contributed by atoms with Gasteiger partial charge in [-0.1, -0.05) is 26.0 Å². The highest BCUT2D eigenvalue weighted by atomic mass is 16.5. The van der Waals surface area contributed by atoms with Crippen LogP contribution in [0.4, 0.5) is 0 Å². The van der Waals surface area contributed by atoms with Gasteiger partial charge in [0.1, 0.15) is 11.4 Å². The van der Waals surface area contributed by atoms with Crippen molar-refractivity contribution in [3.8, 4) is 28.5 Å². The smallest absolute Gasteiger partial charge is 0.164 e. The van der Waals surface area contributed by atoms with E-state index in [4.69, 9.17) is 9.47 Å². The maximum atomic E-state index is 10.9. The largest absolute Gasteiger partial charge is 0.504 e. The van der Waals surface area contributed by atoms with Gasteiger partial charge in [0.15, 0.2) is 11.5 Å². The molecule has 192 valence electrons. The number of hydrogen-bond acceptors (Lipinski definition) is 4. The van der Waals surface area contributed by atoms with Crippen molar-refractivity contribution in [3.63, 3.8) is 0 Å². The first-order chi connectivity index (χ1) is 17.7. The van der Waals surface area contributed by atoms with E-state index in [0.717, 1.165) is 63.9 Å². The van der Waals surface area contributed by atoms with Gasteiger partial charge in [-0.25, -0.2) is 0 Å². The minimum Gasteiger partial charge on any atom is -0.504 e. The van der Waals surface area contributed by atoms with E-state index in [0.29, 0.717) is 11.7 Å². The summed E-state index contributed by atoms with van der Waals surface area (Å²) in [5.74, 6) is 2.11. The zero-order chi connectivity index (χ0) is 25.9. The van der Waals surface area contributed by atoms with Gasteiger partial charge in [0.2, 0.25) is 0 Å². The Balaban J connectivity index is 1.36. The van der Waals surface area contributed by atoms with Crippen molar-refractivity contribution in [1.29, 1.82) is 0 Å². The molecule has 6 heteroatoms. The van der Waals surface area contributed by atoms with Gasteiger partial charge in [-0.15, -0.1) is 0 Å². The normalized spacial score (nSPS) is 22.6. The van der Waals surface area contributed by atoms with Crippen LogP contribution in [0.25, 0.3) is 34.3 Å². The highest BCUT2D eigenvalue weighted by Crippen LogP contribution is 2.54. The number of H-pyrrole nitrogens is 1. The fourth-order valence-corrected chi connectivity index (χ4v) is 6.76. The maximum Gasteiger partial charge on any atom is 0.164 e. The van der Waals surface area contributed by atoms with Gasteiger partial charge in [0, 0.05) is 30.9 Å². The molecule has 0 amide bonds. The number of aryl methyl sites for hydroxylation is 1. The average molecular weight is 498 g/mol. The number of nitrogens with one attached hydrogen (secondary N) is 1. The first-order valence-electron chi connectivity index (χ1n) is 13.1. The molecule has 2 aliphatic rings. The predicted octanol–water partition coefficient (Wildman–Crippen LogP) is 6.97. The summed E-state index contributed by atoms with van der Waals surface area (Å²) in [5, 5.41) is 19.1. The molecular weight excluding hydrogens is 462 g/mol. The van der Waals surface area contributed by atoms with Crippen molar-refractivity contribution in [2.45, 2.75) is 52.1 Å².